The zero-order valence-corrected chi connectivity index (χ0v) is 13.4. The van der Waals surface area contributed by atoms with Gasteiger partial charge in [0.15, 0.2) is 0 Å². The number of hydrogen-bond acceptors (Lipinski definition) is 3. The molecular weight excluding hydrogens is 296 g/mol. The fourth-order valence-corrected chi connectivity index (χ4v) is 2.79. The minimum atomic E-state index is -0.308. The first-order valence-electron chi connectivity index (χ1n) is 7.00. The predicted octanol–water partition coefficient (Wildman–Crippen LogP) is 3.14. The molecule has 2 rings (SSSR count). The maximum atomic E-state index is 12.5. The third-order valence-corrected chi connectivity index (χ3v) is 3.94. The van der Waals surface area contributed by atoms with Gasteiger partial charge in [-0.25, -0.2) is 13.3 Å². The number of rotatable bonds is 5. The zero-order valence-electron chi connectivity index (χ0n) is 12.6. The molecular formula is C17H18N2O2S. The minimum absolute atomic E-state index is 0.260. The van der Waals surface area contributed by atoms with Crippen LogP contribution in [0.4, 0.5) is 0 Å². The molecule has 5 heteroatoms. The van der Waals surface area contributed by atoms with Gasteiger partial charge in [0.25, 0.3) is 0 Å². The molecule has 0 bridgehead atoms. The summed E-state index contributed by atoms with van der Waals surface area (Å²) >= 11 is 0.920. The van der Waals surface area contributed by atoms with Crippen LogP contribution in [-0.4, -0.2) is 8.52 Å². The molecule has 0 saturated heterocycles. The maximum absolute atomic E-state index is 12.5. The summed E-state index contributed by atoms with van der Waals surface area (Å²) in [4.78, 5) is 24.4. The molecule has 0 saturated carbocycles. The summed E-state index contributed by atoms with van der Waals surface area (Å²) < 4.78 is 2.68. The Hall–Kier alpha value is -2.40. The second kappa shape index (κ2) is 7.56. The Balaban J connectivity index is 2.43. The summed E-state index contributed by atoms with van der Waals surface area (Å²) in [5.41, 5.74) is 1.30. The molecule has 1 heterocycles. The zero-order chi connectivity index (χ0) is 15.9. The van der Waals surface area contributed by atoms with Crippen LogP contribution < -0.4 is 10.6 Å². The highest BCUT2D eigenvalue weighted by molar-refractivity contribution is 7.03. The van der Waals surface area contributed by atoms with E-state index in [0.717, 1.165) is 17.1 Å². The average molecular weight is 314 g/mol. The smallest absolute Gasteiger partial charge is 0.255 e. The maximum Gasteiger partial charge on any atom is 0.346 e. The van der Waals surface area contributed by atoms with E-state index in [4.69, 9.17) is 0 Å². The average Bonchev–Trinajstić information content (AvgIpc) is 2.81. The second-order valence-corrected chi connectivity index (χ2v) is 5.52. The van der Waals surface area contributed by atoms with E-state index in [1.807, 2.05) is 74.6 Å². The molecule has 4 nitrogen and oxygen atoms in total. The quantitative estimate of drug-likeness (QED) is 0.796. The standard InChI is InChI=1S/C17H18N2O2S/c1-3-5-10-14(9-4-2)13-18-16(20)19(22-17(18)21)15-11-7-6-8-12-15/h3-12H,13H2,1-2H3/b5-3-,9-4-,14-10+. The van der Waals surface area contributed by atoms with Crippen LogP contribution in [0.3, 0.4) is 0 Å². The Morgan fingerprint density at radius 3 is 2.50 bits per heavy atom. The second-order valence-electron chi connectivity index (χ2n) is 4.62. The fourth-order valence-electron chi connectivity index (χ4n) is 1.99. The number of hydrogen-bond donors (Lipinski definition) is 0. The summed E-state index contributed by atoms with van der Waals surface area (Å²) in [5, 5.41) is 0. The number of aromatic nitrogens is 2. The highest BCUT2D eigenvalue weighted by atomic mass is 32.1. The SMILES string of the molecule is C\C=C/C=C(\C=C/C)Cn1c(=O)sn(-c2ccccc2)c1=O. The van der Waals surface area contributed by atoms with Crippen molar-refractivity contribution in [3.05, 3.63) is 86.4 Å². The Bertz CT molecular complexity index is 820. The molecule has 0 N–H and O–H groups in total. The molecule has 0 aliphatic carbocycles. The Morgan fingerprint density at radius 1 is 1.14 bits per heavy atom. The van der Waals surface area contributed by atoms with Crippen LogP contribution >= 0.6 is 11.5 Å². The van der Waals surface area contributed by atoms with Gasteiger partial charge in [-0.3, -0.25) is 4.79 Å². The number of para-hydroxylation sites is 1. The van der Waals surface area contributed by atoms with E-state index < -0.39 is 0 Å². The Labute approximate surface area is 133 Å². The van der Waals surface area contributed by atoms with Crippen molar-refractivity contribution in [1.29, 1.82) is 0 Å². The highest BCUT2D eigenvalue weighted by Gasteiger charge is 2.11. The molecule has 0 aliphatic heterocycles. The highest BCUT2D eigenvalue weighted by Crippen LogP contribution is 2.06. The van der Waals surface area contributed by atoms with Gasteiger partial charge in [0.1, 0.15) is 0 Å². The van der Waals surface area contributed by atoms with Gasteiger partial charge in [-0.1, -0.05) is 48.6 Å². The van der Waals surface area contributed by atoms with Crippen molar-refractivity contribution in [2.45, 2.75) is 20.4 Å². The van der Waals surface area contributed by atoms with Crippen molar-refractivity contribution in [2.24, 2.45) is 0 Å². The van der Waals surface area contributed by atoms with Gasteiger partial charge < -0.3 is 0 Å². The van der Waals surface area contributed by atoms with Crippen LogP contribution in [0.2, 0.25) is 0 Å². The van der Waals surface area contributed by atoms with Gasteiger partial charge >= 0.3 is 10.6 Å². The van der Waals surface area contributed by atoms with Crippen LogP contribution in [0.1, 0.15) is 13.8 Å². The number of benzene rings is 1. The number of allylic oxidation sites excluding steroid dienone is 6. The Kier molecular flexibility index (Phi) is 5.49. The van der Waals surface area contributed by atoms with E-state index in [-0.39, 0.29) is 17.1 Å². The normalized spacial score (nSPS) is 12.5. The molecule has 0 aliphatic rings. The van der Waals surface area contributed by atoms with Crippen molar-refractivity contribution < 1.29 is 0 Å². The van der Waals surface area contributed by atoms with Crippen molar-refractivity contribution in [3.63, 3.8) is 0 Å². The molecule has 2 aromatic rings. The molecule has 1 aromatic heterocycles. The van der Waals surface area contributed by atoms with Crippen molar-refractivity contribution in [2.75, 3.05) is 0 Å². The van der Waals surface area contributed by atoms with Crippen molar-refractivity contribution in [1.82, 2.24) is 8.52 Å². The van der Waals surface area contributed by atoms with Crippen LogP contribution in [0.25, 0.3) is 5.69 Å². The first-order valence-corrected chi connectivity index (χ1v) is 7.78. The van der Waals surface area contributed by atoms with Crippen LogP contribution in [0, 0.1) is 0 Å². The van der Waals surface area contributed by atoms with Crippen molar-refractivity contribution >= 4 is 11.5 Å². The van der Waals surface area contributed by atoms with E-state index in [0.29, 0.717) is 5.69 Å². The molecule has 114 valence electrons. The van der Waals surface area contributed by atoms with E-state index in [9.17, 15) is 9.59 Å². The lowest BCUT2D eigenvalue weighted by Gasteiger charge is -2.01. The number of nitrogens with zero attached hydrogens (tertiary/aromatic N) is 2. The fraction of sp³-hybridized carbons (Fsp3) is 0.176. The topological polar surface area (TPSA) is 44.0 Å². The monoisotopic (exact) mass is 314 g/mol. The third kappa shape index (κ3) is 3.62. The summed E-state index contributed by atoms with van der Waals surface area (Å²) in [7, 11) is 0. The molecule has 1 aromatic carbocycles. The molecule has 0 radical (unpaired) electrons. The molecule has 0 unspecified atom stereocenters. The van der Waals surface area contributed by atoms with E-state index in [1.54, 1.807) is 0 Å². The summed E-state index contributed by atoms with van der Waals surface area (Å²) in [6.45, 7) is 4.09. The van der Waals surface area contributed by atoms with E-state index in [1.165, 1.54) is 8.52 Å². The lowest BCUT2D eigenvalue weighted by atomic mass is 10.2. The van der Waals surface area contributed by atoms with Gasteiger partial charge in [-0.2, -0.15) is 0 Å². The molecule has 0 spiro atoms. The van der Waals surface area contributed by atoms with Gasteiger partial charge in [0.05, 0.1) is 12.2 Å². The molecule has 0 fully saturated rings. The van der Waals surface area contributed by atoms with Crippen molar-refractivity contribution in [3.8, 4) is 5.69 Å². The van der Waals surface area contributed by atoms with Crippen LogP contribution in [0.5, 0.6) is 0 Å². The van der Waals surface area contributed by atoms with Gasteiger partial charge in [-0.15, -0.1) is 0 Å². The largest absolute Gasteiger partial charge is 0.346 e. The summed E-state index contributed by atoms with van der Waals surface area (Å²) in [6.07, 6.45) is 9.49. The van der Waals surface area contributed by atoms with Crippen LogP contribution in [-0.2, 0) is 6.54 Å². The summed E-state index contributed by atoms with van der Waals surface area (Å²) in [5.74, 6) is 0. The van der Waals surface area contributed by atoms with Gasteiger partial charge in [0.2, 0.25) is 0 Å². The van der Waals surface area contributed by atoms with Gasteiger partial charge in [0, 0.05) is 11.5 Å². The van der Waals surface area contributed by atoms with Crippen LogP contribution in [0.15, 0.2) is 75.9 Å². The Morgan fingerprint density at radius 2 is 1.86 bits per heavy atom. The van der Waals surface area contributed by atoms with E-state index in [2.05, 4.69) is 0 Å². The summed E-state index contributed by atoms with van der Waals surface area (Å²) in [6, 6.07) is 9.17. The third-order valence-electron chi connectivity index (χ3n) is 3.01. The predicted molar refractivity (Wildman–Crippen MR) is 91.9 cm³/mol. The first-order chi connectivity index (χ1) is 10.7. The minimum Gasteiger partial charge on any atom is -0.255 e. The molecule has 22 heavy (non-hydrogen) atoms. The lowest BCUT2D eigenvalue weighted by molar-refractivity contribution is 0.722. The first kappa shape index (κ1) is 16.0. The molecule has 0 atom stereocenters. The molecule has 0 amide bonds. The van der Waals surface area contributed by atoms with Gasteiger partial charge in [-0.05, 0) is 31.6 Å². The van der Waals surface area contributed by atoms with E-state index >= 15 is 0 Å². The lowest BCUT2D eigenvalue weighted by Crippen LogP contribution is -2.29.